The highest BCUT2D eigenvalue weighted by Gasteiger charge is 2.62. The molecule has 3 aliphatic rings. The topological polar surface area (TPSA) is 126 Å². The van der Waals surface area contributed by atoms with Gasteiger partial charge in [0.1, 0.15) is 18.8 Å². The number of rotatable bonds is 9. The van der Waals surface area contributed by atoms with Gasteiger partial charge in [0.05, 0.1) is 43.2 Å². The number of aryl methyl sites for hydroxylation is 2. The van der Waals surface area contributed by atoms with Crippen molar-refractivity contribution in [2.24, 2.45) is 5.92 Å². The third-order valence-electron chi connectivity index (χ3n) is 7.64. The summed E-state index contributed by atoms with van der Waals surface area (Å²) in [6.07, 6.45) is 0. The van der Waals surface area contributed by atoms with E-state index in [-0.39, 0.29) is 58.5 Å². The molecule has 0 N–H and O–H groups in total. The third kappa shape index (κ3) is 6.26. The number of ether oxygens (including phenoxy) is 4. The Morgan fingerprint density at radius 3 is 1.68 bits per heavy atom. The molecule has 1 amide bonds. The van der Waals surface area contributed by atoms with Gasteiger partial charge in [-0.05, 0) is 67.0 Å². The number of hydrogen-bond acceptors (Lipinski definition) is 12. The minimum Gasteiger partial charge on any atom is -0.463 e. The van der Waals surface area contributed by atoms with Crippen LogP contribution in [-0.2, 0) is 42.9 Å². The molecule has 13 heteroatoms. The second kappa shape index (κ2) is 14.1. The van der Waals surface area contributed by atoms with Crippen LogP contribution in [0, 0.1) is 19.8 Å². The van der Waals surface area contributed by atoms with Crippen molar-refractivity contribution < 1.29 is 42.9 Å². The summed E-state index contributed by atoms with van der Waals surface area (Å²) in [6, 6.07) is 3.92. The maximum atomic E-state index is 14.2. The van der Waals surface area contributed by atoms with Crippen LogP contribution in [-0.4, -0.2) is 65.8 Å². The molecule has 3 heterocycles. The van der Waals surface area contributed by atoms with Crippen LogP contribution in [0.1, 0.15) is 72.1 Å². The van der Waals surface area contributed by atoms with Gasteiger partial charge in [0.25, 0.3) is 0 Å². The highest BCUT2D eigenvalue weighted by atomic mass is 32.2. The number of carbonyl (C=O) groups is 5. The zero-order valence-electron chi connectivity index (χ0n) is 28.4. The highest BCUT2D eigenvalue weighted by molar-refractivity contribution is 8.26. The average Bonchev–Trinajstić information content (AvgIpc) is 3.38. The van der Waals surface area contributed by atoms with Crippen LogP contribution < -0.4 is 4.90 Å². The summed E-state index contributed by atoms with van der Waals surface area (Å²) in [5.41, 5.74) is 2.44. The summed E-state index contributed by atoms with van der Waals surface area (Å²) in [7, 11) is 0. The van der Waals surface area contributed by atoms with E-state index in [4.69, 9.17) is 18.9 Å². The number of esters is 4. The fraction of sp³-hybridized carbons (Fsp3) is 0.500. The minimum atomic E-state index is -1.61. The van der Waals surface area contributed by atoms with Gasteiger partial charge in [-0.2, -0.15) is 0 Å². The van der Waals surface area contributed by atoms with Crippen LogP contribution in [0.5, 0.6) is 0 Å². The number of carbonyl (C=O) groups excluding carboxylic acids is 5. The first-order valence-electron chi connectivity index (χ1n) is 15.6. The molecule has 0 fully saturated rings. The van der Waals surface area contributed by atoms with Gasteiger partial charge in [0.15, 0.2) is 0 Å². The van der Waals surface area contributed by atoms with E-state index in [0.29, 0.717) is 21.7 Å². The third-order valence-corrected chi connectivity index (χ3v) is 12.3. The zero-order valence-corrected chi connectivity index (χ0v) is 30.9. The summed E-state index contributed by atoms with van der Waals surface area (Å²) >= 11 is 2.95. The van der Waals surface area contributed by atoms with Crippen LogP contribution in [0.3, 0.4) is 0 Å². The molecule has 0 radical (unpaired) electrons. The summed E-state index contributed by atoms with van der Waals surface area (Å²) in [5, 5.41) is 0. The number of hydrogen-bond donors (Lipinski definition) is 0. The van der Waals surface area contributed by atoms with E-state index in [1.807, 2.05) is 53.7 Å². The van der Waals surface area contributed by atoms with Crippen LogP contribution in [0.15, 0.2) is 37.3 Å². The lowest BCUT2D eigenvalue weighted by molar-refractivity contribution is -0.141. The SMILES string of the molecule is CCOC(=O)C1=C(C(=O)OCC)SC2(S1)C(C(=O)OCC)=C(C(=O)OCC)SC1=C2c2cc(C)cc(C)c2N(C(=O)C(C)C)C1(C)C. The molecule has 1 aromatic carbocycles. The maximum Gasteiger partial charge on any atom is 0.346 e. The van der Waals surface area contributed by atoms with Gasteiger partial charge < -0.3 is 23.8 Å². The molecule has 4 rings (SSSR count). The maximum absolute atomic E-state index is 14.2. The van der Waals surface area contributed by atoms with Crippen LogP contribution in [0.2, 0.25) is 0 Å². The lowest BCUT2D eigenvalue weighted by atomic mass is 9.81. The molecule has 0 aromatic heterocycles. The summed E-state index contributed by atoms with van der Waals surface area (Å²) in [4.78, 5) is 71.4. The van der Waals surface area contributed by atoms with E-state index < -0.39 is 33.5 Å². The van der Waals surface area contributed by atoms with E-state index in [2.05, 4.69) is 0 Å². The number of anilines is 1. The van der Waals surface area contributed by atoms with Crippen molar-refractivity contribution >= 4 is 76.3 Å². The summed E-state index contributed by atoms with van der Waals surface area (Å²) in [6.45, 7) is 18.0. The van der Waals surface area contributed by atoms with E-state index in [1.165, 1.54) is 0 Å². The Kier molecular flexibility index (Phi) is 11.0. The van der Waals surface area contributed by atoms with Crippen molar-refractivity contribution in [1.29, 1.82) is 0 Å². The molecule has 0 saturated heterocycles. The molecule has 254 valence electrons. The van der Waals surface area contributed by atoms with E-state index in [0.717, 1.165) is 46.4 Å². The first kappa shape index (κ1) is 36.7. The lowest BCUT2D eigenvalue weighted by Gasteiger charge is -2.51. The van der Waals surface area contributed by atoms with Crippen molar-refractivity contribution in [3.05, 3.63) is 54.0 Å². The fourth-order valence-electron chi connectivity index (χ4n) is 5.87. The quantitative estimate of drug-likeness (QED) is 0.208. The predicted molar refractivity (Wildman–Crippen MR) is 185 cm³/mol. The second-order valence-electron chi connectivity index (χ2n) is 11.7. The first-order valence-corrected chi connectivity index (χ1v) is 18.0. The van der Waals surface area contributed by atoms with E-state index in [9.17, 15) is 24.0 Å². The molecule has 1 aromatic rings. The Labute approximate surface area is 288 Å². The largest absolute Gasteiger partial charge is 0.463 e. The van der Waals surface area contributed by atoms with Crippen molar-refractivity contribution in [2.75, 3.05) is 31.3 Å². The van der Waals surface area contributed by atoms with Crippen molar-refractivity contribution in [3.63, 3.8) is 0 Å². The normalized spacial score (nSPS) is 17.9. The van der Waals surface area contributed by atoms with Gasteiger partial charge in [-0.25, -0.2) is 19.2 Å². The Hall–Kier alpha value is -3.16. The lowest BCUT2D eigenvalue weighted by Crippen LogP contribution is -2.55. The van der Waals surface area contributed by atoms with Crippen molar-refractivity contribution in [3.8, 4) is 0 Å². The average molecular weight is 704 g/mol. The molecule has 10 nitrogen and oxygen atoms in total. The molecule has 47 heavy (non-hydrogen) atoms. The van der Waals surface area contributed by atoms with Gasteiger partial charge in [-0.15, -0.1) is 0 Å². The Morgan fingerprint density at radius 1 is 0.745 bits per heavy atom. The standard InChI is InChI=1S/C34H41NO9S3/c1-11-41-29(37)22-24(30(38)42-12-2)45-27-21(34(22)46-25(31(39)43-13-3)26(47-34)32(40)44-14-4)20-16-18(7)15-19(8)23(20)35(33(27,9)10)28(36)17(5)6/h15-17H,11-14H2,1-10H3. The zero-order chi connectivity index (χ0) is 35.0. The molecule has 0 unspecified atom stereocenters. The van der Waals surface area contributed by atoms with Gasteiger partial charge in [-0.3, -0.25) is 4.79 Å². The molecule has 0 aliphatic carbocycles. The molecular weight excluding hydrogens is 663 g/mol. The summed E-state index contributed by atoms with van der Waals surface area (Å²) < 4.78 is 20.3. The Bertz CT molecular complexity index is 1610. The van der Waals surface area contributed by atoms with Gasteiger partial charge >= 0.3 is 23.9 Å². The predicted octanol–water partition coefficient (Wildman–Crippen LogP) is 6.44. The number of amides is 1. The molecule has 0 atom stereocenters. The number of fused-ring (bicyclic) bond motifs is 3. The Morgan fingerprint density at radius 2 is 1.21 bits per heavy atom. The van der Waals surface area contributed by atoms with Crippen molar-refractivity contribution in [1.82, 2.24) is 0 Å². The van der Waals surface area contributed by atoms with Gasteiger partial charge in [0.2, 0.25) is 5.91 Å². The molecular formula is C34H41NO9S3. The smallest absolute Gasteiger partial charge is 0.346 e. The summed E-state index contributed by atoms with van der Waals surface area (Å²) in [5.74, 6) is -3.60. The van der Waals surface area contributed by atoms with Gasteiger partial charge in [-0.1, -0.05) is 60.8 Å². The molecule has 0 bridgehead atoms. The fourth-order valence-corrected chi connectivity index (χ4v) is 10.8. The monoisotopic (exact) mass is 703 g/mol. The second-order valence-corrected chi connectivity index (χ2v) is 15.5. The van der Waals surface area contributed by atoms with Crippen LogP contribution in [0.25, 0.3) is 5.57 Å². The van der Waals surface area contributed by atoms with E-state index >= 15 is 0 Å². The number of thioether (sulfide) groups is 3. The van der Waals surface area contributed by atoms with Crippen LogP contribution >= 0.6 is 35.3 Å². The Balaban J connectivity index is 2.21. The molecule has 3 aliphatic heterocycles. The number of benzene rings is 1. The van der Waals surface area contributed by atoms with Crippen LogP contribution in [0.4, 0.5) is 5.69 Å². The number of nitrogens with zero attached hydrogens (tertiary/aromatic N) is 1. The molecule has 1 spiro atoms. The minimum absolute atomic E-state index is 0.000281. The van der Waals surface area contributed by atoms with Gasteiger partial charge in [0, 0.05) is 22.0 Å². The van der Waals surface area contributed by atoms with Crippen molar-refractivity contribution in [2.45, 2.75) is 78.9 Å². The van der Waals surface area contributed by atoms with E-state index in [1.54, 1.807) is 32.6 Å². The molecule has 0 saturated carbocycles. The highest BCUT2D eigenvalue weighted by Crippen LogP contribution is 2.71. The first-order chi connectivity index (χ1) is 22.1.